The molecule has 0 saturated carbocycles. The lowest BCUT2D eigenvalue weighted by molar-refractivity contribution is 0.111. The van der Waals surface area contributed by atoms with Crippen molar-refractivity contribution in [3.05, 3.63) is 29.8 Å². The van der Waals surface area contributed by atoms with Crippen LogP contribution in [0.5, 0.6) is 0 Å². The van der Waals surface area contributed by atoms with Crippen LogP contribution in [0, 0.1) is 0 Å². The number of nitrogens with two attached hydrogens (primary N) is 1. The third kappa shape index (κ3) is 5.62. The molecule has 0 bridgehead atoms. The monoisotopic (exact) mass is 264 g/mol. The van der Waals surface area contributed by atoms with E-state index in [1.54, 1.807) is 0 Å². The van der Waals surface area contributed by atoms with Gasteiger partial charge in [-0.15, -0.1) is 0 Å². The average molecular weight is 264 g/mol. The molecule has 19 heavy (non-hydrogen) atoms. The molecular formula is C16H28N2O. The van der Waals surface area contributed by atoms with Gasteiger partial charge in [0.1, 0.15) is 0 Å². The van der Waals surface area contributed by atoms with Gasteiger partial charge in [0.25, 0.3) is 0 Å². The van der Waals surface area contributed by atoms with Crippen molar-refractivity contribution in [3.8, 4) is 0 Å². The lowest BCUT2D eigenvalue weighted by atomic mass is 10.1. The van der Waals surface area contributed by atoms with Gasteiger partial charge in [-0.3, -0.25) is 0 Å². The van der Waals surface area contributed by atoms with Gasteiger partial charge in [-0.1, -0.05) is 44.9 Å². The number of aliphatic hydroxyl groups is 1. The number of benzene rings is 1. The molecule has 1 atom stereocenters. The van der Waals surface area contributed by atoms with Crippen LogP contribution < -0.4 is 5.73 Å². The molecular weight excluding hydrogens is 236 g/mol. The van der Waals surface area contributed by atoms with Crippen LogP contribution in [0.3, 0.4) is 0 Å². The Kier molecular flexibility index (Phi) is 7.53. The SMILES string of the molecule is CCCCN(CCCC)CC(O)c1ccccc1N. The predicted molar refractivity (Wildman–Crippen MR) is 82.1 cm³/mol. The normalized spacial score (nSPS) is 12.8. The molecule has 0 aliphatic carbocycles. The molecule has 0 aromatic heterocycles. The number of hydrogen-bond donors (Lipinski definition) is 2. The quantitative estimate of drug-likeness (QED) is 0.673. The standard InChI is InChI=1S/C16H28N2O/c1-3-5-11-18(12-6-4-2)13-16(19)14-9-7-8-10-15(14)17/h7-10,16,19H,3-6,11-13,17H2,1-2H3. The number of unbranched alkanes of at least 4 members (excludes halogenated alkanes) is 2. The van der Waals surface area contributed by atoms with E-state index in [9.17, 15) is 5.11 Å². The molecule has 1 aromatic rings. The first-order valence-electron chi connectivity index (χ1n) is 7.43. The molecule has 1 unspecified atom stereocenters. The lowest BCUT2D eigenvalue weighted by Crippen LogP contribution is -2.31. The second-order valence-electron chi connectivity index (χ2n) is 5.15. The molecule has 0 radical (unpaired) electrons. The zero-order chi connectivity index (χ0) is 14.1. The highest BCUT2D eigenvalue weighted by Gasteiger charge is 2.14. The van der Waals surface area contributed by atoms with Gasteiger partial charge in [-0.2, -0.15) is 0 Å². The Labute approximate surface area is 117 Å². The number of para-hydroxylation sites is 1. The number of anilines is 1. The van der Waals surface area contributed by atoms with Crippen LogP contribution >= 0.6 is 0 Å². The summed E-state index contributed by atoms with van der Waals surface area (Å²) in [5, 5.41) is 10.3. The van der Waals surface area contributed by atoms with Gasteiger partial charge < -0.3 is 15.7 Å². The maximum absolute atomic E-state index is 10.3. The van der Waals surface area contributed by atoms with Crippen molar-refractivity contribution < 1.29 is 5.11 Å². The minimum absolute atomic E-state index is 0.491. The van der Waals surface area contributed by atoms with Crippen molar-refractivity contribution in [1.82, 2.24) is 4.90 Å². The minimum atomic E-state index is -0.491. The fourth-order valence-electron chi connectivity index (χ4n) is 2.22. The fraction of sp³-hybridized carbons (Fsp3) is 0.625. The Hall–Kier alpha value is -1.06. The van der Waals surface area contributed by atoms with Crippen LogP contribution in [-0.4, -0.2) is 29.6 Å². The van der Waals surface area contributed by atoms with Crippen LogP contribution in [0.25, 0.3) is 0 Å². The molecule has 0 spiro atoms. The first-order chi connectivity index (χ1) is 9.19. The Morgan fingerprint density at radius 1 is 1.11 bits per heavy atom. The van der Waals surface area contributed by atoms with E-state index in [1.165, 1.54) is 25.7 Å². The molecule has 0 aliphatic heterocycles. The molecule has 1 aromatic carbocycles. The van der Waals surface area contributed by atoms with Crippen LogP contribution in [0.15, 0.2) is 24.3 Å². The molecule has 0 amide bonds. The van der Waals surface area contributed by atoms with Crippen molar-refractivity contribution >= 4 is 5.69 Å². The summed E-state index contributed by atoms with van der Waals surface area (Å²) < 4.78 is 0. The summed E-state index contributed by atoms with van der Waals surface area (Å²) in [6.45, 7) is 7.18. The highest BCUT2D eigenvalue weighted by molar-refractivity contribution is 5.47. The first kappa shape index (κ1) is 16.0. The Balaban J connectivity index is 2.59. The zero-order valence-electron chi connectivity index (χ0n) is 12.3. The minimum Gasteiger partial charge on any atom is -0.398 e. The van der Waals surface area contributed by atoms with E-state index < -0.39 is 6.10 Å². The van der Waals surface area contributed by atoms with Crippen LogP contribution in [-0.2, 0) is 0 Å². The second kappa shape index (κ2) is 8.94. The van der Waals surface area contributed by atoms with E-state index in [0.29, 0.717) is 12.2 Å². The molecule has 0 aliphatic rings. The summed E-state index contributed by atoms with van der Waals surface area (Å²) >= 11 is 0. The van der Waals surface area contributed by atoms with Gasteiger partial charge in [0.2, 0.25) is 0 Å². The number of rotatable bonds is 9. The van der Waals surface area contributed by atoms with Gasteiger partial charge in [-0.05, 0) is 32.0 Å². The van der Waals surface area contributed by atoms with Gasteiger partial charge in [0.15, 0.2) is 0 Å². The topological polar surface area (TPSA) is 49.5 Å². The number of nitrogen functional groups attached to an aromatic ring is 1. The van der Waals surface area contributed by atoms with Crippen LogP contribution in [0.1, 0.15) is 51.2 Å². The van der Waals surface area contributed by atoms with Gasteiger partial charge in [0.05, 0.1) is 6.10 Å². The summed E-state index contributed by atoms with van der Waals surface area (Å²) in [5.41, 5.74) is 7.45. The van der Waals surface area contributed by atoms with Crippen LogP contribution in [0.4, 0.5) is 5.69 Å². The highest BCUT2D eigenvalue weighted by Crippen LogP contribution is 2.21. The Morgan fingerprint density at radius 3 is 2.21 bits per heavy atom. The number of nitrogens with zero attached hydrogens (tertiary/aromatic N) is 1. The van der Waals surface area contributed by atoms with E-state index in [-0.39, 0.29) is 0 Å². The fourth-order valence-corrected chi connectivity index (χ4v) is 2.22. The lowest BCUT2D eigenvalue weighted by Gasteiger charge is -2.25. The van der Waals surface area contributed by atoms with Crippen molar-refractivity contribution in [2.75, 3.05) is 25.4 Å². The smallest absolute Gasteiger partial charge is 0.0936 e. The van der Waals surface area contributed by atoms with E-state index in [0.717, 1.165) is 18.7 Å². The molecule has 1 rings (SSSR count). The molecule has 0 saturated heterocycles. The highest BCUT2D eigenvalue weighted by atomic mass is 16.3. The molecule has 3 nitrogen and oxygen atoms in total. The molecule has 108 valence electrons. The summed E-state index contributed by atoms with van der Waals surface area (Å²) in [5.74, 6) is 0. The van der Waals surface area contributed by atoms with Crippen molar-refractivity contribution in [1.29, 1.82) is 0 Å². The zero-order valence-corrected chi connectivity index (χ0v) is 12.3. The largest absolute Gasteiger partial charge is 0.398 e. The predicted octanol–water partition coefficient (Wildman–Crippen LogP) is 3.20. The number of hydrogen-bond acceptors (Lipinski definition) is 3. The van der Waals surface area contributed by atoms with Crippen molar-refractivity contribution in [2.45, 2.75) is 45.6 Å². The van der Waals surface area contributed by atoms with Crippen molar-refractivity contribution in [3.63, 3.8) is 0 Å². The van der Waals surface area contributed by atoms with Gasteiger partial charge in [0, 0.05) is 17.8 Å². The van der Waals surface area contributed by atoms with E-state index in [2.05, 4.69) is 18.7 Å². The van der Waals surface area contributed by atoms with E-state index >= 15 is 0 Å². The first-order valence-corrected chi connectivity index (χ1v) is 7.43. The Morgan fingerprint density at radius 2 is 1.68 bits per heavy atom. The maximum Gasteiger partial charge on any atom is 0.0936 e. The van der Waals surface area contributed by atoms with E-state index in [1.807, 2.05) is 24.3 Å². The second-order valence-corrected chi connectivity index (χ2v) is 5.15. The average Bonchev–Trinajstić information content (AvgIpc) is 2.42. The molecule has 3 N–H and O–H groups in total. The van der Waals surface area contributed by atoms with E-state index in [4.69, 9.17) is 5.73 Å². The van der Waals surface area contributed by atoms with Crippen LogP contribution in [0.2, 0.25) is 0 Å². The summed E-state index contributed by atoms with van der Waals surface area (Å²) in [6.07, 6.45) is 4.25. The van der Waals surface area contributed by atoms with Gasteiger partial charge in [-0.25, -0.2) is 0 Å². The van der Waals surface area contributed by atoms with Crippen molar-refractivity contribution in [2.24, 2.45) is 0 Å². The number of aliphatic hydroxyl groups excluding tert-OH is 1. The summed E-state index contributed by atoms with van der Waals surface area (Å²) in [4.78, 5) is 2.35. The van der Waals surface area contributed by atoms with Gasteiger partial charge >= 0.3 is 0 Å². The summed E-state index contributed by atoms with van der Waals surface area (Å²) in [7, 11) is 0. The molecule has 0 fully saturated rings. The third-order valence-electron chi connectivity index (χ3n) is 3.44. The third-order valence-corrected chi connectivity index (χ3v) is 3.44. The summed E-state index contributed by atoms with van der Waals surface area (Å²) in [6, 6.07) is 7.59. The molecule has 3 heteroatoms. The maximum atomic E-state index is 10.3. The molecule has 0 heterocycles. The Bertz CT molecular complexity index is 346.